The summed E-state index contributed by atoms with van der Waals surface area (Å²) in [5, 5.41) is 10.9. The van der Waals surface area contributed by atoms with E-state index in [1.165, 1.54) is 12.1 Å². The number of nitrogens with zero attached hydrogens (tertiary/aromatic N) is 1. The first-order valence-corrected chi connectivity index (χ1v) is 12.4. The average Bonchev–Trinajstić information content (AvgIpc) is 3.66. The number of benzene rings is 2. The number of rotatable bonds is 8. The van der Waals surface area contributed by atoms with Gasteiger partial charge in [-0.05, 0) is 53.2 Å². The molecule has 4 rings (SSSR count). The maximum absolute atomic E-state index is 13.8. The van der Waals surface area contributed by atoms with Crippen LogP contribution in [0.5, 0.6) is 0 Å². The summed E-state index contributed by atoms with van der Waals surface area (Å²) >= 11 is 0. The van der Waals surface area contributed by atoms with Gasteiger partial charge in [-0.3, -0.25) is 9.78 Å². The van der Waals surface area contributed by atoms with Crippen LogP contribution in [0.3, 0.4) is 0 Å². The summed E-state index contributed by atoms with van der Waals surface area (Å²) in [7, 11) is -3.00. The molecule has 0 spiro atoms. The molecule has 1 aliphatic rings. The number of pyridine rings is 1. The van der Waals surface area contributed by atoms with E-state index in [0.29, 0.717) is 33.6 Å². The van der Waals surface area contributed by atoms with Crippen molar-refractivity contribution in [3.05, 3.63) is 77.2 Å². The van der Waals surface area contributed by atoms with Gasteiger partial charge in [0.15, 0.2) is 0 Å². The fourth-order valence-electron chi connectivity index (χ4n) is 4.39. The largest absolute Gasteiger partial charge is 0.516 e. The zero-order chi connectivity index (χ0) is 25.1. The Hall–Kier alpha value is -3.43. The molecule has 0 bridgehead atoms. The molecular weight excluding hydrogens is 468 g/mol. The Morgan fingerprint density at radius 1 is 1.20 bits per heavy atom. The van der Waals surface area contributed by atoms with Gasteiger partial charge in [0.2, 0.25) is 5.66 Å². The van der Waals surface area contributed by atoms with Crippen molar-refractivity contribution in [2.24, 2.45) is 0 Å². The van der Waals surface area contributed by atoms with Crippen LogP contribution in [0.25, 0.3) is 22.4 Å². The van der Waals surface area contributed by atoms with Crippen LogP contribution in [0.1, 0.15) is 47.7 Å². The number of carbonyl (C=O) groups is 1. The van der Waals surface area contributed by atoms with Gasteiger partial charge in [0, 0.05) is 17.0 Å². The third-order valence-electron chi connectivity index (χ3n) is 6.10. The molecule has 35 heavy (non-hydrogen) atoms. The van der Waals surface area contributed by atoms with Gasteiger partial charge in [-0.15, -0.1) is 0 Å². The van der Waals surface area contributed by atoms with E-state index >= 15 is 0 Å². The quantitative estimate of drug-likeness (QED) is 0.248. The highest BCUT2D eigenvalue weighted by Gasteiger charge is 2.46. The number of esters is 1. The van der Waals surface area contributed by atoms with E-state index in [2.05, 4.69) is 4.74 Å². The Labute approximate surface area is 203 Å². The first-order chi connectivity index (χ1) is 16.8. The number of hydrogen-bond acceptors (Lipinski definition) is 5. The maximum atomic E-state index is 13.8. The fraction of sp³-hybridized carbons (Fsp3) is 0.259. The standard InChI is InChI=1S/C27H23FNO5P/c1-3-34-22(31)15-21(30)27(35(32)33)24-23(17-11-13-20(28)14-12-17)16(2)25(18-7-5-4-6-8-18)29-26(24)19-9-10-19/h1,4-8,11-14,19,21,27,30H,9-10,15H2,2H3/p+1. The summed E-state index contributed by atoms with van der Waals surface area (Å²) in [5.41, 5.74) is 3.13. The molecular formula is C27H24FNO5P+. The molecule has 0 radical (unpaired) electrons. The predicted octanol–water partition coefficient (Wildman–Crippen LogP) is 5.40. The van der Waals surface area contributed by atoms with E-state index in [0.717, 1.165) is 18.4 Å². The highest BCUT2D eigenvalue weighted by Crippen LogP contribution is 2.53. The number of halogens is 1. The number of terminal acetylenes is 1. The van der Waals surface area contributed by atoms with Gasteiger partial charge in [0.25, 0.3) is 0 Å². The molecule has 1 fully saturated rings. The van der Waals surface area contributed by atoms with Gasteiger partial charge < -0.3 is 9.84 Å². The molecule has 2 N–H and O–H groups in total. The van der Waals surface area contributed by atoms with E-state index in [1.807, 2.05) is 37.3 Å². The van der Waals surface area contributed by atoms with Crippen molar-refractivity contribution in [2.75, 3.05) is 0 Å². The molecule has 0 saturated heterocycles. The normalized spacial score (nSPS) is 15.1. The first kappa shape index (κ1) is 24.7. The highest BCUT2D eigenvalue weighted by molar-refractivity contribution is 7.38. The van der Waals surface area contributed by atoms with Crippen molar-refractivity contribution in [2.45, 2.75) is 43.9 Å². The second-order valence-corrected chi connectivity index (χ2v) is 9.68. The molecule has 3 atom stereocenters. The van der Waals surface area contributed by atoms with Crippen molar-refractivity contribution in [3.63, 3.8) is 0 Å². The minimum atomic E-state index is -3.00. The van der Waals surface area contributed by atoms with Gasteiger partial charge >= 0.3 is 14.0 Å². The van der Waals surface area contributed by atoms with E-state index < -0.39 is 38.0 Å². The molecule has 1 aromatic heterocycles. The van der Waals surface area contributed by atoms with Gasteiger partial charge in [-0.2, -0.15) is 4.89 Å². The summed E-state index contributed by atoms with van der Waals surface area (Å²) < 4.78 is 31.0. The Morgan fingerprint density at radius 2 is 1.86 bits per heavy atom. The summed E-state index contributed by atoms with van der Waals surface area (Å²) in [4.78, 5) is 27.3. The SMILES string of the molecule is C#COC(=O)CC(O)C(c1c(C2CC2)nc(-c2ccccc2)c(C)c1-c1ccc(F)cc1)[P+](=O)O. The van der Waals surface area contributed by atoms with E-state index in [9.17, 15) is 23.7 Å². The zero-order valence-corrected chi connectivity index (χ0v) is 19.9. The lowest BCUT2D eigenvalue weighted by Crippen LogP contribution is -2.23. The Bertz CT molecular complexity index is 1300. The number of aliphatic hydroxyl groups is 1. The van der Waals surface area contributed by atoms with Gasteiger partial charge in [-0.25, -0.2) is 4.39 Å². The minimum absolute atomic E-state index is 0.0366. The van der Waals surface area contributed by atoms with Crippen molar-refractivity contribution in [3.8, 4) is 34.9 Å². The monoisotopic (exact) mass is 492 g/mol. The van der Waals surface area contributed by atoms with Crippen LogP contribution in [0, 0.1) is 25.3 Å². The molecule has 178 valence electrons. The molecule has 0 aliphatic heterocycles. The van der Waals surface area contributed by atoms with Crippen LogP contribution in [0.2, 0.25) is 0 Å². The van der Waals surface area contributed by atoms with Gasteiger partial charge in [0.05, 0.1) is 17.8 Å². The summed E-state index contributed by atoms with van der Waals surface area (Å²) in [6.45, 7) is 1.84. The smallest absolute Gasteiger partial charge is 0.387 e. The van der Waals surface area contributed by atoms with Crippen molar-refractivity contribution in [1.29, 1.82) is 0 Å². The molecule has 1 saturated carbocycles. The topological polar surface area (TPSA) is 96.7 Å². The molecule has 6 nitrogen and oxygen atoms in total. The molecule has 2 aromatic carbocycles. The van der Waals surface area contributed by atoms with Crippen LogP contribution in [-0.2, 0) is 14.1 Å². The third kappa shape index (κ3) is 5.31. The van der Waals surface area contributed by atoms with Crippen molar-refractivity contribution in [1.82, 2.24) is 4.98 Å². The summed E-state index contributed by atoms with van der Waals surface area (Å²) in [5.74, 6) is -1.27. The van der Waals surface area contributed by atoms with Crippen LogP contribution in [-0.4, -0.2) is 27.1 Å². The third-order valence-corrected chi connectivity index (χ3v) is 7.18. The first-order valence-electron chi connectivity index (χ1n) is 11.2. The minimum Gasteiger partial charge on any atom is -0.387 e. The lowest BCUT2D eigenvalue weighted by molar-refractivity contribution is -0.139. The van der Waals surface area contributed by atoms with Crippen molar-refractivity contribution >= 4 is 14.0 Å². The van der Waals surface area contributed by atoms with Gasteiger partial charge in [0.1, 0.15) is 18.0 Å². The maximum Gasteiger partial charge on any atom is 0.516 e. The van der Waals surface area contributed by atoms with E-state index in [4.69, 9.17) is 11.4 Å². The number of aliphatic hydroxyl groups excluding tert-OH is 1. The molecule has 8 heteroatoms. The van der Waals surface area contributed by atoms with Crippen LogP contribution >= 0.6 is 8.03 Å². The fourth-order valence-corrected chi connectivity index (χ4v) is 5.27. The Kier molecular flexibility index (Phi) is 7.37. The predicted molar refractivity (Wildman–Crippen MR) is 130 cm³/mol. The van der Waals surface area contributed by atoms with E-state index in [-0.39, 0.29) is 5.92 Å². The summed E-state index contributed by atoms with van der Waals surface area (Å²) in [6, 6.07) is 15.3. The lowest BCUT2D eigenvalue weighted by atomic mass is 9.87. The van der Waals surface area contributed by atoms with Crippen molar-refractivity contribution < 1.29 is 28.5 Å². The van der Waals surface area contributed by atoms with Crippen LogP contribution < -0.4 is 0 Å². The van der Waals surface area contributed by atoms with Gasteiger partial charge in [-0.1, -0.05) is 48.9 Å². The Balaban J connectivity index is 2.00. The second-order valence-electron chi connectivity index (χ2n) is 8.52. The number of aromatic nitrogens is 1. The summed E-state index contributed by atoms with van der Waals surface area (Å²) in [6.07, 6.45) is 6.32. The highest BCUT2D eigenvalue weighted by atomic mass is 31.1. The zero-order valence-electron chi connectivity index (χ0n) is 19.0. The van der Waals surface area contributed by atoms with E-state index in [1.54, 1.807) is 18.2 Å². The molecule has 1 aliphatic carbocycles. The van der Waals surface area contributed by atoms with Crippen LogP contribution in [0.15, 0.2) is 54.6 Å². The molecule has 1 heterocycles. The Morgan fingerprint density at radius 3 is 2.43 bits per heavy atom. The molecule has 0 amide bonds. The number of carbonyl (C=O) groups excluding carboxylic acids is 1. The number of hydrogen-bond donors (Lipinski definition) is 2. The lowest BCUT2D eigenvalue weighted by Gasteiger charge is -2.23. The second kappa shape index (κ2) is 10.5. The molecule has 3 aromatic rings. The molecule has 3 unspecified atom stereocenters. The van der Waals surface area contributed by atoms with Crippen LogP contribution in [0.4, 0.5) is 4.39 Å². The average molecular weight is 492 g/mol. The number of ether oxygens (including phenoxy) is 1.